The van der Waals surface area contributed by atoms with E-state index in [4.69, 9.17) is 4.74 Å². The summed E-state index contributed by atoms with van der Waals surface area (Å²) in [7, 11) is -1.88. The van der Waals surface area contributed by atoms with Gasteiger partial charge in [0.2, 0.25) is 9.84 Å². The predicted octanol–water partition coefficient (Wildman–Crippen LogP) is 3.27. The maximum absolute atomic E-state index is 13.1. The van der Waals surface area contributed by atoms with Gasteiger partial charge in [-0.2, -0.15) is 8.78 Å². The molecular weight excluding hydrogens is 401 g/mol. The van der Waals surface area contributed by atoms with Crippen molar-refractivity contribution in [3.05, 3.63) is 42.5 Å². The molecule has 0 bridgehead atoms. The second-order valence-electron chi connectivity index (χ2n) is 6.71. The Bertz CT molecular complexity index is 945. The number of alkyl halides is 2. The normalized spacial score (nSPS) is 15.6. The molecule has 3 rings (SSSR count). The van der Waals surface area contributed by atoms with Crippen LogP contribution >= 0.6 is 0 Å². The monoisotopic (exact) mass is 425 g/mol. The first-order valence-electron chi connectivity index (χ1n) is 9.31. The van der Waals surface area contributed by atoms with Gasteiger partial charge in [-0.15, -0.1) is 0 Å². The first kappa shape index (κ1) is 21.3. The predicted molar refractivity (Wildman–Crippen MR) is 106 cm³/mol. The van der Waals surface area contributed by atoms with Crippen molar-refractivity contribution in [3.63, 3.8) is 0 Å². The van der Waals surface area contributed by atoms with Crippen molar-refractivity contribution in [2.45, 2.75) is 23.3 Å². The number of hydrogen-bond donors (Lipinski definition) is 0. The first-order chi connectivity index (χ1) is 13.8. The fourth-order valence-electron chi connectivity index (χ4n) is 3.19. The summed E-state index contributed by atoms with van der Waals surface area (Å²) < 4.78 is 61.2. The Hall–Kier alpha value is -2.39. The number of rotatable bonds is 7. The molecule has 1 heterocycles. The second kappa shape index (κ2) is 8.96. The van der Waals surface area contributed by atoms with Gasteiger partial charge >= 0.3 is 6.61 Å². The molecule has 0 atom stereocenters. The number of hydrogen-bond acceptors (Lipinski definition) is 6. The Morgan fingerprint density at radius 1 is 1.03 bits per heavy atom. The number of likely N-dealkylation sites (N-methyl/N-ethyl adjacent to an activating group) is 1. The van der Waals surface area contributed by atoms with E-state index in [1.54, 1.807) is 12.1 Å². The lowest BCUT2D eigenvalue weighted by Crippen LogP contribution is -2.44. The van der Waals surface area contributed by atoms with Gasteiger partial charge in [0.25, 0.3) is 0 Å². The van der Waals surface area contributed by atoms with E-state index in [0.29, 0.717) is 18.0 Å². The smallest absolute Gasteiger partial charge is 0.387 e. The lowest BCUT2D eigenvalue weighted by molar-refractivity contribution is -0.0499. The van der Waals surface area contributed by atoms with E-state index in [1.165, 1.54) is 24.3 Å². The molecule has 0 unspecified atom stereocenters. The van der Waals surface area contributed by atoms with Crippen LogP contribution in [0.2, 0.25) is 0 Å². The van der Waals surface area contributed by atoms with Crippen molar-refractivity contribution < 1.29 is 26.7 Å². The molecule has 1 aliphatic heterocycles. The van der Waals surface area contributed by atoms with Crippen LogP contribution < -0.4 is 14.4 Å². The van der Waals surface area contributed by atoms with Crippen LogP contribution in [0.15, 0.2) is 52.3 Å². The van der Waals surface area contributed by atoms with Crippen LogP contribution in [-0.4, -0.2) is 59.8 Å². The largest absolute Gasteiger partial charge is 0.492 e. The van der Waals surface area contributed by atoms with E-state index in [1.807, 2.05) is 14.0 Å². The molecule has 0 N–H and O–H groups in total. The standard InChI is InChI=1S/C20H24F2N2O4S/c1-3-27-19-8-7-17(14-18(19)24-11-9-23(2)10-12-24)29(25,26)16-6-4-5-15(13-16)28-20(21)22/h4-8,13-14,20H,3,9-12H2,1-2H3/i3-1. The molecule has 6 nitrogen and oxygen atoms in total. The minimum absolute atomic E-state index is 0.0732. The average Bonchev–Trinajstić information content (AvgIpc) is 2.69. The number of piperazine rings is 1. The Kier molecular flexibility index (Phi) is 6.59. The molecule has 2 aromatic rings. The fraction of sp³-hybridized carbons (Fsp3) is 0.400. The lowest BCUT2D eigenvalue weighted by atomic mass is 10.2. The maximum Gasteiger partial charge on any atom is 0.387 e. The number of nitrogens with zero attached hydrogens (tertiary/aromatic N) is 2. The van der Waals surface area contributed by atoms with E-state index >= 15 is 0 Å². The van der Waals surface area contributed by atoms with E-state index in [9.17, 15) is 17.2 Å². The third-order valence-corrected chi connectivity index (χ3v) is 6.47. The summed E-state index contributed by atoms with van der Waals surface area (Å²) in [5.41, 5.74) is 0.709. The van der Waals surface area contributed by atoms with Crippen LogP contribution in [0.25, 0.3) is 0 Å². The molecular formula is C20H24F2N2O4S. The summed E-state index contributed by atoms with van der Waals surface area (Å²) in [6.07, 6.45) is 0. The van der Waals surface area contributed by atoms with Gasteiger partial charge in [0.05, 0.1) is 22.1 Å². The third-order valence-electron chi connectivity index (χ3n) is 4.73. The minimum atomic E-state index is -3.92. The van der Waals surface area contributed by atoms with Crippen LogP contribution in [0.3, 0.4) is 0 Å². The van der Waals surface area contributed by atoms with Gasteiger partial charge in [-0.1, -0.05) is 6.07 Å². The van der Waals surface area contributed by atoms with Crippen molar-refractivity contribution >= 4 is 15.5 Å². The van der Waals surface area contributed by atoms with Crippen molar-refractivity contribution in [1.82, 2.24) is 4.90 Å². The third kappa shape index (κ3) is 4.97. The van der Waals surface area contributed by atoms with Crippen LogP contribution in [0.1, 0.15) is 6.92 Å². The van der Waals surface area contributed by atoms with Gasteiger partial charge in [0.15, 0.2) is 0 Å². The zero-order valence-corrected chi connectivity index (χ0v) is 17.2. The molecule has 0 aromatic heterocycles. The van der Waals surface area contributed by atoms with Gasteiger partial charge in [0, 0.05) is 26.2 Å². The van der Waals surface area contributed by atoms with Crippen molar-refractivity contribution in [3.8, 4) is 11.5 Å². The molecule has 0 aliphatic carbocycles. The van der Waals surface area contributed by atoms with Gasteiger partial charge < -0.3 is 19.3 Å². The van der Waals surface area contributed by atoms with Gasteiger partial charge in [-0.25, -0.2) is 8.42 Å². The molecule has 0 spiro atoms. The zero-order valence-electron chi connectivity index (χ0n) is 16.3. The summed E-state index contributed by atoms with van der Waals surface area (Å²) >= 11 is 0. The van der Waals surface area contributed by atoms with Crippen molar-refractivity contribution in [1.29, 1.82) is 0 Å². The van der Waals surface area contributed by atoms with Gasteiger partial charge in [0.1, 0.15) is 11.5 Å². The Morgan fingerprint density at radius 3 is 2.38 bits per heavy atom. The molecule has 0 saturated carbocycles. The highest BCUT2D eigenvalue weighted by atomic mass is 32.2. The zero-order chi connectivity index (χ0) is 21.0. The fourth-order valence-corrected chi connectivity index (χ4v) is 4.51. The average molecular weight is 425 g/mol. The second-order valence-corrected chi connectivity index (χ2v) is 8.66. The SMILES string of the molecule is C[11CH2]Oc1ccc(S(=O)(=O)c2cccc(OC(F)F)c2)cc1N1CCN(C)CC1. The highest BCUT2D eigenvalue weighted by Crippen LogP contribution is 2.34. The van der Waals surface area contributed by atoms with E-state index in [2.05, 4.69) is 14.5 Å². The molecule has 9 heteroatoms. The van der Waals surface area contributed by atoms with E-state index < -0.39 is 16.4 Å². The molecule has 1 fully saturated rings. The quantitative estimate of drug-likeness (QED) is 0.679. The topological polar surface area (TPSA) is 59.1 Å². The maximum atomic E-state index is 13.1. The number of ether oxygens (including phenoxy) is 2. The number of sulfone groups is 1. The Balaban J connectivity index is 1.98. The molecule has 0 amide bonds. The number of anilines is 1. The van der Waals surface area contributed by atoms with Crippen LogP contribution in [0.5, 0.6) is 11.5 Å². The summed E-state index contributed by atoms with van der Waals surface area (Å²) in [6.45, 7) is 2.51. The summed E-state index contributed by atoms with van der Waals surface area (Å²) in [6, 6.07) is 9.84. The molecule has 1 aliphatic rings. The summed E-state index contributed by atoms with van der Waals surface area (Å²) in [4.78, 5) is 4.26. The lowest BCUT2D eigenvalue weighted by Gasteiger charge is -2.35. The van der Waals surface area contributed by atoms with E-state index in [-0.39, 0.29) is 15.5 Å². The molecule has 158 valence electrons. The Labute approximate surface area is 169 Å². The molecule has 29 heavy (non-hydrogen) atoms. The summed E-state index contributed by atoms with van der Waals surface area (Å²) in [5.74, 6) is 0.414. The van der Waals surface area contributed by atoms with Gasteiger partial charge in [-0.3, -0.25) is 0 Å². The number of benzene rings is 2. The van der Waals surface area contributed by atoms with Gasteiger partial charge in [-0.05, 0) is 50.4 Å². The van der Waals surface area contributed by atoms with Crippen LogP contribution in [-0.2, 0) is 9.84 Å². The Morgan fingerprint density at radius 2 is 1.72 bits per heavy atom. The highest BCUT2D eigenvalue weighted by Gasteiger charge is 2.24. The molecule has 0 radical (unpaired) electrons. The minimum Gasteiger partial charge on any atom is -0.492 e. The summed E-state index contributed by atoms with van der Waals surface area (Å²) in [5, 5.41) is 0. The van der Waals surface area contributed by atoms with Crippen LogP contribution in [0, 0.1) is 0 Å². The van der Waals surface area contributed by atoms with Crippen LogP contribution in [0.4, 0.5) is 14.5 Å². The van der Waals surface area contributed by atoms with Crippen molar-refractivity contribution in [2.75, 3.05) is 44.7 Å². The first-order valence-corrected chi connectivity index (χ1v) is 10.8. The number of halogens is 2. The molecule has 2 aromatic carbocycles. The van der Waals surface area contributed by atoms with Crippen molar-refractivity contribution in [2.24, 2.45) is 0 Å². The molecule has 1 saturated heterocycles. The van der Waals surface area contributed by atoms with E-state index in [0.717, 1.165) is 32.2 Å². The highest BCUT2D eigenvalue weighted by molar-refractivity contribution is 7.91.